The zero-order valence-electron chi connectivity index (χ0n) is 14.1. The van der Waals surface area contributed by atoms with E-state index in [2.05, 4.69) is 14.9 Å². The monoisotopic (exact) mass is 333 g/mol. The molecule has 0 bridgehead atoms. The quantitative estimate of drug-likeness (QED) is 0.775. The van der Waals surface area contributed by atoms with E-state index in [4.69, 9.17) is 4.74 Å². The second-order valence-electron chi connectivity index (χ2n) is 6.24. The number of ether oxygens (including phenoxy) is 1. The van der Waals surface area contributed by atoms with Crippen LogP contribution in [0.3, 0.4) is 0 Å². The summed E-state index contributed by atoms with van der Waals surface area (Å²) in [5, 5.41) is 0. The number of aromatic nitrogens is 2. The van der Waals surface area contributed by atoms with Crippen LogP contribution in [-0.4, -0.2) is 78.5 Å². The molecule has 0 saturated carbocycles. The summed E-state index contributed by atoms with van der Waals surface area (Å²) in [7, 11) is 3.33. The van der Waals surface area contributed by atoms with Crippen LogP contribution in [0.1, 0.15) is 12.8 Å². The van der Waals surface area contributed by atoms with Crippen molar-refractivity contribution in [1.29, 1.82) is 0 Å². The molecule has 2 saturated heterocycles. The molecule has 1 unspecified atom stereocenters. The third-order valence-corrected chi connectivity index (χ3v) is 4.61. The lowest BCUT2D eigenvalue weighted by atomic mass is 10.1. The van der Waals surface area contributed by atoms with Gasteiger partial charge < -0.3 is 19.4 Å². The molecule has 2 aliphatic heterocycles. The van der Waals surface area contributed by atoms with E-state index in [1.54, 1.807) is 31.3 Å². The van der Waals surface area contributed by atoms with Crippen LogP contribution in [0.4, 0.5) is 5.95 Å². The van der Waals surface area contributed by atoms with Crippen molar-refractivity contribution in [3.8, 4) is 5.88 Å². The van der Waals surface area contributed by atoms with Crippen LogP contribution in [-0.2, 0) is 9.59 Å². The van der Waals surface area contributed by atoms with Crippen molar-refractivity contribution >= 4 is 17.8 Å². The van der Waals surface area contributed by atoms with Crippen molar-refractivity contribution in [3.05, 3.63) is 12.3 Å². The van der Waals surface area contributed by atoms with E-state index in [9.17, 15) is 9.59 Å². The van der Waals surface area contributed by atoms with Gasteiger partial charge in [0.1, 0.15) is 0 Å². The maximum absolute atomic E-state index is 12.7. The van der Waals surface area contributed by atoms with Crippen LogP contribution in [0, 0.1) is 5.92 Å². The lowest BCUT2D eigenvalue weighted by molar-refractivity contribution is -0.135. The highest BCUT2D eigenvalue weighted by Crippen LogP contribution is 2.20. The van der Waals surface area contributed by atoms with Gasteiger partial charge in [-0.05, 0) is 6.42 Å². The van der Waals surface area contributed by atoms with Gasteiger partial charge in [-0.3, -0.25) is 9.59 Å². The smallest absolute Gasteiger partial charge is 0.228 e. The van der Waals surface area contributed by atoms with Crippen molar-refractivity contribution in [2.75, 3.05) is 51.8 Å². The SMILES string of the molecule is COc1ccnc(N2CCCN(C(=O)C3CC(=O)N(C)C3)CC2)n1. The molecular formula is C16H23N5O3. The number of carbonyl (C=O) groups excluding carboxylic acids is 2. The molecule has 2 fully saturated rings. The Bertz CT molecular complexity index is 623. The van der Waals surface area contributed by atoms with Crippen LogP contribution in [0.5, 0.6) is 5.88 Å². The highest BCUT2D eigenvalue weighted by Gasteiger charge is 2.35. The Labute approximate surface area is 141 Å². The topological polar surface area (TPSA) is 78.9 Å². The maximum atomic E-state index is 12.7. The minimum Gasteiger partial charge on any atom is -0.481 e. The fourth-order valence-electron chi connectivity index (χ4n) is 3.22. The van der Waals surface area contributed by atoms with Crippen LogP contribution in [0.2, 0.25) is 0 Å². The number of nitrogens with zero attached hydrogens (tertiary/aromatic N) is 5. The molecule has 8 heteroatoms. The highest BCUT2D eigenvalue weighted by molar-refractivity contribution is 5.89. The van der Waals surface area contributed by atoms with E-state index >= 15 is 0 Å². The van der Waals surface area contributed by atoms with E-state index in [1.807, 2.05) is 4.90 Å². The summed E-state index contributed by atoms with van der Waals surface area (Å²) < 4.78 is 5.14. The molecule has 0 aromatic carbocycles. The number of anilines is 1. The Hall–Kier alpha value is -2.38. The second kappa shape index (κ2) is 7.02. The van der Waals surface area contributed by atoms with Crippen molar-refractivity contribution < 1.29 is 14.3 Å². The van der Waals surface area contributed by atoms with Gasteiger partial charge in [0, 0.05) is 58.5 Å². The van der Waals surface area contributed by atoms with Crippen LogP contribution < -0.4 is 9.64 Å². The molecule has 24 heavy (non-hydrogen) atoms. The fourth-order valence-corrected chi connectivity index (χ4v) is 3.22. The molecule has 0 spiro atoms. The zero-order chi connectivity index (χ0) is 17.1. The summed E-state index contributed by atoms with van der Waals surface area (Å²) in [5.74, 6) is 1.09. The van der Waals surface area contributed by atoms with E-state index in [0.29, 0.717) is 44.4 Å². The van der Waals surface area contributed by atoms with Gasteiger partial charge in [0.15, 0.2) is 0 Å². The molecule has 1 atom stereocenters. The Morgan fingerprint density at radius 3 is 2.83 bits per heavy atom. The largest absolute Gasteiger partial charge is 0.481 e. The molecular weight excluding hydrogens is 310 g/mol. The number of methoxy groups -OCH3 is 1. The Kier molecular flexibility index (Phi) is 4.82. The summed E-state index contributed by atoms with van der Waals surface area (Å²) in [6, 6.07) is 1.71. The van der Waals surface area contributed by atoms with Gasteiger partial charge in [0.05, 0.1) is 13.0 Å². The lowest BCUT2D eigenvalue weighted by Gasteiger charge is -2.24. The predicted octanol–water partition coefficient (Wildman–Crippen LogP) is 0.00220. The molecule has 130 valence electrons. The van der Waals surface area contributed by atoms with Gasteiger partial charge in [-0.25, -0.2) is 4.98 Å². The summed E-state index contributed by atoms with van der Waals surface area (Å²) in [6.45, 7) is 3.31. The lowest BCUT2D eigenvalue weighted by Crippen LogP contribution is -2.39. The molecule has 8 nitrogen and oxygen atoms in total. The number of hydrogen-bond donors (Lipinski definition) is 0. The van der Waals surface area contributed by atoms with Crippen molar-refractivity contribution in [1.82, 2.24) is 19.8 Å². The number of hydrogen-bond acceptors (Lipinski definition) is 6. The number of amides is 2. The third kappa shape index (κ3) is 3.42. The van der Waals surface area contributed by atoms with E-state index in [0.717, 1.165) is 13.0 Å². The van der Waals surface area contributed by atoms with Gasteiger partial charge in [-0.15, -0.1) is 0 Å². The summed E-state index contributed by atoms with van der Waals surface area (Å²) in [5.41, 5.74) is 0. The molecule has 1 aromatic heterocycles. The maximum Gasteiger partial charge on any atom is 0.228 e. The fraction of sp³-hybridized carbons (Fsp3) is 0.625. The molecule has 3 rings (SSSR count). The van der Waals surface area contributed by atoms with Gasteiger partial charge in [-0.2, -0.15) is 4.98 Å². The molecule has 0 radical (unpaired) electrons. The zero-order valence-corrected chi connectivity index (χ0v) is 14.1. The van der Waals surface area contributed by atoms with E-state index < -0.39 is 0 Å². The summed E-state index contributed by atoms with van der Waals surface area (Å²) in [4.78, 5) is 38.6. The van der Waals surface area contributed by atoms with E-state index in [1.165, 1.54) is 0 Å². The molecule has 0 aliphatic carbocycles. The number of rotatable bonds is 3. The van der Waals surface area contributed by atoms with Crippen molar-refractivity contribution in [2.45, 2.75) is 12.8 Å². The first-order chi connectivity index (χ1) is 11.6. The average molecular weight is 333 g/mol. The Balaban J connectivity index is 1.62. The van der Waals surface area contributed by atoms with E-state index in [-0.39, 0.29) is 17.7 Å². The molecule has 1 aromatic rings. The second-order valence-corrected chi connectivity index (χ2v) is 6.24. The first kappa shape index (κ1) is 16.5. The molecule has 0 N–H and O–H groups in total. The Morgan fingerprint density at radius 2 is 2.12 bits per heavy atom. The Morgan fingerprint density at radius 1 is 1.29 bits per heavy atom. The average Bonchev–Trinajstić information content (AvgIpc) is 2.80. The number of likely N-dealkylation sites (tertiary alicyclic amines) is 1. The van der Waals surface area contributed by atoms with Crippen LogP contribution >= 0.6 is 0 Å². The predicted molar refractivity (Wildman–Crippen MR) is 87.7 cm³/mol. The minimum absolute atomic E-state index is 0.0505. The highest BCUT2D eigenvalue weighted by atomic mass is 16.5. The normalized spacial score (nSPS) is 21.8. The van der Waals surface area contributed by atoms with Crippen molar-refractivity contribution in [2.24, 2.45) is 5.92 Å². The molecule has 2 aliphatic rings. The van der Waals surface area contributed by atoms with Gasteiger partial charge in [-0.1, -0.05) is 0 Å². The molecule has 2 amide bonds. The van der Waals surface area contributed by atoms with Gasteiger partial charge in [0.2, 0.25) is 23.6 Å². The third-order valence-electron chi connectivity index (χ3n) is 4.61. The van der Waals surface area contributed by atoms with Gasteiger partial charge in [0.25, 0.3) is 0 Å². The summed E-state index contributed by atoms with van der Waals surface area (Å²) >= 11 is 0. The molecule has 3 heterocycles. The standard InChI is InChI=1S/C16H23N5O3/c1-19-11-12(10-14(19)22)15(23)20-6-3-7-21(9-8-20)16-17-5-4-13(18-16)24-2/h4-5,12H,3,6-11H2,1-2H3. The minimum atomic E-state index is -0.206. The van der Waals surface area contributed by atoms with Gasteiger partial charge >= 0.3 is 0 Å². The van der Waals surface area contributed by atoms with Crippen molar-refractivity contribution in [3.63, 3.8) is 0 Å². The first-order valence-electron chi connectivity index (χ1n) is 8.23. The number of carbonyl (C=O) groups is 2. The van der Waals surface area contributed by atoms with Crippen LogP contribution in [0.25, 0.3) is 0 Å². The summed E-state index contributed by atoms with van der Waals surface area (Å²) in [6.07, 6.45) is 2.85. The van der Waals surface area contributed by atoms with Crippen LogP contribution in [0.15, 0.2) is 12.3 Å². The first-order valence-corrected chi connectivity index (χ1v) is 8.23.